The maximum Gasteiger partial charge on any atom is -0.00969 e. The molecule has 0 amide bonds. The van der Waals surface area contributed by atoms with Crippen LogP contribution in [0.2, 0.25) is 0 Å². The van der Waals surface area contributed by atoms with Crippen LogP contribution in [0, 0.1) is 39.6 Å². The van der Waals surface area contributed by atoms with Gasteiger partial charge in [0.1, 0.15) is 0 Å². The topological polar surface area (TPSA) is 0 Å². The predicted octanol–water partition coefficient (Wildman–Crippen LogP) is 7.61. The molecule has 5 heteroatoms. The minimum atomic E-state index is 0. The molecule has 2 atom stereocenters. The summed E-state index contributed by atoms with van der Waals surface area (Å²) < 4.78 is 3.62. The summed E-state index contributed by atoms with van der Waals surface area (Å²) in [5.41, 5.74) is 12.9. The third-order valence-electron chi connectivity index (χ3n) is 13.6. The first-order valence-electron chi connectivity index (χ1n) is 18.0. The molecule has 0 heterocycles. The van der Waals surface area contributed by atoms with Gasteiger partial charge in [0.2, 0.25) is 0 Å². The first kappa shape index (κ1) is 43.3. The molecule has 0 bridgehead atoms. The Morgan fingerprint density at radius 1 is 0.788 bits per heavy atom. The first-order valence-corrected chi connectivity index (χ1v) is 20.9. The second kappa shape index (κ2) is 16.7. The minimum Gasteiger partial charge on any atom is -1.00 e. The number of hydrogen-bond donors (Lipinski definition) is 0. The van der Waals surface area contributed by atoms with Gasteiger partial charge < -0.3 is 24.8 Å². The molecule has 2 unspecified atom stereocenters. The van der Waals surface area contributed by atoms with Crippen LogP contribution in [-0.4, -0.2) is 3.21 Å². The van der Waals surface area contributed by atoms with Gasteiger partial charge in [-0.3, -0.25) is 6.08 Å². The summed E-state index contributed by atoms with van der Waals surface area (Å²) in [5.74, 6) is 2.24. The third-order valence-corrected chi connectivity index (χ3v) is 16.1. The Morgan fingerprint density at radius 3 is 1.88 bits per heavy atom. The molecule has 0 radical (unpaired) electrons. The quantitative estimate of drug-likeness (QED) is 0.233. The number of allylic oxidation sites excluding steroid dienone is 10. The van der Waals surface area contributed by atoms with Crippen LogP contribution in [0.3, 0.4) is 0 Å². The number of fused-ring (bicyclic) bond motifs is 6. The molecule has 1 saturated carbocycles. The van der Waals surface area contributed by atoms with Gasteiger partial charge in [-0.1, -0.05) is 113 Å². The van der Waals surface area contributed by atoms with Crippen molar-refractivity contribution in [3.05, 3.63) is 163 Å². The van der Waals surface area contributed by atoms with Crippen LogP contribution in [0.4, 0.5) is 0 Å². The fourth-order valence-electron chi connectivity index (χ4n) is 9.31. The van der Waals surface area contributed by atoms with Crippen LogP contribution in [0.25, 0.3) is 5.57 Å². The molecule has 5 aliphatic carbocycles. The summed E-state index contributed by atoms with van der Waals surface area (Å²) in [6, 6.07) is 26.1. The van der Waals surface area contributed by atoms with Crippen LogP contribution in [0.5, 0.6) is 0 Å². The largest absolute Gasteiger partial charge is 1.00 e. The summed E-state index contributed by atoms with van der Waals surface area (Å²) in [4.78, 5) is 0. The molecule has 272 valence electrons. The fourth-order valence-corrected chi connectivity index (χ4v) is 10.7. The molecule has 1 fully saturated rings. The first-order chi connectivity index (χ1) is 23.6. The van der Waals surface area contributed by atoms with Gasteiger partial charge in [-0.05, 0) is 40.6 Å². The summed E-state index contributed by atoms with van der Waals surface area (Å²) >= 11 is 8.34. The smallest absolute Gasteiger partial charge is 0.00969 e. The van der Waals surface area contributed by atoms with Crippen LogP contribution >= 0.6 is 31.9 Å². The van der Waals surface area contributed by atoms with E-state index in [1.165, 1.54) is 62.5 Å². The second-order valence-electron chi connectivity index (χ2n) is 16.1. The van der Waals surface area contributed by atoms with Gasteiger partial charge in [0.25, 0.3) is 0 Å². The van der Waals surface area contributed by atoms with Crippen LogP contribution in [-0.2, 0) is 30.7 Å². The molecule has 5 aliphatic rings. The maximum atomic E-state index is 3.45. The monoisotopic (exact) mass is 932 g/mol. The SMILES string of the molecule is Brc1ccc([C](=[Zr+2])c2ccc(Br)cc2)cc1.C[C-]1C2=C3Cc4ccccc4C3=C3C=CCCC3C2(C)C(C)(C)C(C)(C)C1(C)C.[C-]1=CC=CC1.[Cl-].[Cl-]. The van der Waals surface area contributed by atoms with E-state index >= 15 is 0 Å². The van der Waals surface area contributed by atoms with E-state index in [-0.39, 0.29) is 46.5 Å². The average molecular weight is 937 g/mol. The number of benzene rings is 3. The van der Waals surface area contributed by atoms with Crippen LogP contribution in [0.15, 0.2) is 129 Å². The molecule has 0 spiro atoms. The van der Waals surface area contributed by atoms with Crippen LogP contribution < -0.4 is 24.8 Å². The van der Waals surface area contributed by atoms with Crippen molar-refractivity contribution in [1.29, 1.82) is 0 Å². The van der Waals surface area contributed by atoms with Gasteiger partial charge in [0.05, 0.1) is 0 Å². The standard InChI is InChI=1S/C29H37.C13H8Br2.C5H5.2ClH.Zr/c1-18-25-22-17-19-13-9-10-14-20(19)24(22)21-15-11-12-16-23(21)29(25,8)28(6,7)27(4,5)26(18,2)3;14-12-5-1-10(2-6-12)9-11-3-7-13(15)8-4-11;1-2-4-5-3-1;;;/h9-11,13-15,23H,12,16-17H2,1-8H3;1-8H;1-3H,4H2;2*1H;/q-1;;-1;;;+2/p-2. The Morgan fingerprint density at radius 2 is 1.37 bits per heavy atom. The van der Waals surface area contributed by atoms with E-state index in [1.807, 2.05) is 12.2 Å². The third kappa shape index (κ3) is 7.30. The molecule has 0 nitrogen and oxygen atoms in total. The molecule has 0 aliphatic heterocycles. The van der Waals surface area contributed by atoms with Gasteiger partial charge in [-0.15, -0.1) is 13.3 Å². The van der Waals surface area contributed by atoms with E-state index in [9.17, 15) is 0 Å². The number of rotatable bonds is 2. The summed E-state index contributed by atoms with van der Waals surface area (Å²) in [7, 11) is 0. The van der Waals surface area contributed by atoms with Crippen molar-refractivity contribution < 1.29 is 49.0 Å². The maximum absolute atomic E-state index is 3.45. The Bertz CT molecular complexity index is 1880. The van der Waals surface area contributed by atoms with Crippen molar-refractivity contribution in [2.75, 3.05) is 0 Å². The molecule has 0 saturated heterocycles. The van der Waals surface area contributed by atoms with Crippen molar-refractivity contribution in [1.82, 2.24) is 0 Å². The predicted molar refractivity (Wildman–Crippen MR) is 217 cm³/mol. The van der Waals surface area contributed by atoms with Gasteiger partial charge in [-0.25, -0.2) is 18.1 Å². The van der Waals surface area contributed by atoms with E-state index in [2.05, 4.69) is 184 Å². The molecule has 8 rings (SSSR count). The zero-order valence-corrected chi connectivity index (χ0v) is 38.9. The van der Waals surface area contributed by atoms with Crippen LogP contribution in [0.1, 0.15) is 96.9 Å². The molecular weight excluding hydrogens is 886 g/mol. The molecule has 3 aromatic carbocycles. The molecule has 0 aromatic heterocycles. The molecule has 3 aromatic rings. The Balaban J connectivity index is 0.000000221. The van der Waals surface area contributed by atoms with Gasteiger partial charge in [-0.2, -0.15) is 17.2 Å². The zero-order valence-electron chi connectivity index (χ0n) is 31.7. The Labute approximate surface area is 358 Å². The van der Waals surface area contributed by atoms with E-state index in [0.29, 0.717) is 5.92 Å². The van der Waals surface area contributed by atoms with Crippen molar-refractivity contribution in [3.8, 4) is 0 Å². The molecule has 0 N–H and O–H groups in total. The van der Waals surface area contributed by atoms with Crippen molar-refractivity contribution in [2.24, 2.45) is 27.6 Å². The second-order valence-corrected chi connectivity index (χ2v) is 19.2. The summed E-state index contributed by atoms with van der Waals surface area (Å²) in [6.45, 7) is 20.3. The van der Waals surface area contributed by atoms with Gasteiger partial charge >= 0.3 is 128 Å². The van der Waals surface area contributed by atoms with Gasteiger partial charge in [0, 0.05) is 0 Å². The van der Waals surface area contributed by atoms with Gasteiger partial charge in [0.15, 0.2) is 0 Å². The average Bonchev–Trinajstić information content (AvgIpc) is 3.81. The van der Waals surface area contributed by atoms with E-state index in [1.54, 1.807) is 28.2 Å². The Hall–Kier alpha value is -1.48. The van der Waals surface area contributed by atoms with E-state index < -0.39 is 0 Å². The zero-order chi connectivity index (χ0) is 36.1. The van der Waals surface area contributed by atoms with Crippen molar-refractivity contribution in [2.45, 2.75) is 81.1 Å². The number of halogens is 4. The van der Waals surface area contributed by atoms with E-state index in [4.69, 9.17) is 0 Å². The normalized spacial score (nSPS) is 23.4. The van der Waals surface area contributed by atoms with E-state index in [0.717, 1.165) is 21.8 Å². The summed E-state index contributed by atoms with van der Waals surface area (Å²) in [6.07, 6.45) is 18.5. The molecular formula is C47H50Br2Cl2Zr-2. The fraction of sp³-hybridized carbons (Fsp3) is 0.362. The number of hydrogen-bond acceptors (Lipinski definition) is 0. The molecule has 52 heavy (non-hydrogen) atoms. The minimum absolute atomic E-state index is 0. The summed E-state index contributed by atoms with van der Waals surface area (Å²) in [5, 5.41) is 0. The Kier molecular flexibility index (Phi) is 13.9. The van der Waals surface area contributed by atoms with Crippen molar-refractivity contribution in [3.63, 3.8) is 0 Å². The van der Waals surface area contributed by atoms with Crippen molar-refractivity contribution >= 4 is 40.6 Å².